The minimum absolute atomic E-state index is 0.0912. The lowest BCUT2D eigenvalue weighted by atomic mass is 9.95. The van der Waals surface area contributed by atoms with Crippen LogP contribution in [-0.4, -0.2) is 36.5 Å². The molecule has 108 valence electrons. The highest BCUT2D eigenvalue weighted by Gasteiger charge is 2.31. The van der Waals surface area contributed by atoms with E-state index in [1.54, 1.807) is 0 Å². The molecule has 1 aromatic rings. The summed E-state index contributed by atoms with van der Waals surface area (Å²) in [6, 6.07) is 8.50. The fraction of sp³-hybridized carbons (Fsp3) is 0.562. The third-order valence-electron chi connectivity index (χ3n) is 4.42. The fourth-order valence-corrected chi connectivity index (χ4v) is 3.33. The number of benzene rings is 1. The average molecular weight is 274 g/mol. The normalized spacial score (nSPS) is 25.6. The number of amides is 1. The van der Waals surface area contributed by atoms with Gasteiger partial charge in [0.2, 0.25) is 5.91 Å². The van der Waals surface area contributed by atoms with E-state index in [-0.39, 0.29) is 18.1 Å². The predicted octanol–water partition coefficient (Wildman–Crippen LogP) is 1.64. The van der Waals surface area contributed by atoms with Crippen LogP contribution in [0.1, 0.15) is 36.5 Å². The largest absolute Gasteiger partial charge is 0.373 e. The molecule has 1 fully saturated rings. The van der Waals surface area contributed by atoms with Crippen LogP contribution in [0.3, 0.4) is 0 Å². The van der Waals surface area contributed by atoms with Gasteiger partial charge in [-0.1, -0.05) is 24.3 Å². The summed E-state index contributed by atoms with van der Waals surface area (Å²) in [5.41, 5.74) is 8.24. The Balaban J connectivity index is 1.71. The molecule has 1 amide bonds. The van der Waals surface area contributed by atoms with Crippen molar-refractivity contribution in [2.24, 2.45) is 5.73 Å². The molecule has 2 N–H and O–H groups in total. The van der Waals surface area contributed by atoms with E-state index in [0.717, 1.165) is 25.8 Å². The van der Waals surface area contributed by atoms with E-state index in [9.17, 15) is 4.79 Å². The molecule has 20 heavy (non-hydrogen) atoms. The number of carbonyl (C=O) groups excluding carboxylic acids is 1. The number of hydrogen-bond acceptors (Lipinski definition) is 3. The Morgan fingerprint density at radius 3 is 3.10 bits per heavy atom. The zero-order chi connectivity index (χ0) is 13.9. The summed E-state index contributed by atoms with van der Waals surface area (Å²) < 4.78 is 5.82. The Bertz CT molecular complexity index is 489. The number of nitrogens with zero attached hydrogens (tertiary/aromatic N) is 1. The number of ether oxygens (including phenoxy) is 1. The molecule has 0 radical (unpaired) electrons. The smallest absolute Gasteiger partial charge is 0.225 e. The van der Waals surface area contributed by atoms with Gasteiger partial charge in [-0.3, -0.25) is 4.79 Å². The van der Waals surface area contributed by atoms with Gasteiger partial charge in [-0.2, -0.15) is 0 Å². The number of carbonyl (C=O) groups is 1. The van der Waals surface area contributed by atoms with Gasteiger partial charge >= 0.3 is 0 Å². The van der Waals surface area contributed by atoms with Crippen molar-refractivity contribution in [2.75, 3.05) is 19.7 Å². The quantitative estimate of drug-likeness (QED) is 0.911. The Hall–Kier alpha value is -1.39. The summed E-state index contributed by atoms with van der Waals surface area (Å²) in [4.78, 5) is 14.4. The minimum Gasteiger partial charge on any atom is -0.373 e. The van der Waals surface area contributed by atoms with Crippen LogP contribution in [0.2, 0.25) is 0 Å². The molecule has 0 bridgehead atoms. The number of hydrogen-bond donors (Lipinski definition) is 1. The highest BCUT2D eigenvalue weighted by molar-refractivity contribution is 5.77. The molecule has 0 saturated carbocycles. The molecule has 2 aliphatic heterocycles. The first kappa shape index (κ1) is 13.6. The number of fused-ring (bicyclic) bond motifs is 1. The second-order valence-electron chi connectivity index (χ2n) is 5.63. The van der Waals surface area contributed by atoms with Crippen LogP contribution >= 0.6 is 0 Å². The topological polar surface area (TPSA) is 55.6 Å². The van der Waals surface area contributed by atoms with E-state index >= 15 is 0 Å². The minimum atomic E-state index is -0.0912. The molecule has 0 spiro atoms. The molecule has 2 heterocycles. The zero-order valence-corrected chi connectivity index (χ0v) is 11.8. The van der Waals surface area contributed by atoms with Gasteiger partial charge in [-0.05, 0) is 30.4 Å². The number of nitrogens with two attached hydrogens (primary N) is 1. The lowest BCUT2D eigenvalue weighted by Gasteiger charge is -2.29. The van der Waals surface area contributed by atoms with Crippen molar-refractivity contribution in [3.8, 4) is 0 Å². The highest BCUT2D eigenvalue weighted by atomic mass is 16.5. The van der Waals surface area contributed by atoms with Gasteiger partial charge in [0.25, 0.3) is 0 Å². The summed E-state index contributed by atoms with van der Waals surface area (Å²) in [6.45, 7) is 2.11. The van der Waals surface area contributed by atoms with Crippen LogP contribution in [0.15, 0.2) is 24.3 Å². The first-order chi connectivity index (χ1) is 9.79. The fourth-order valence-electron chi connectivity index (χ4n) is 3.33. The van der Waals surface area contributed by atoms with Crippen LogP contribution < -0.4 is 5.73 Å². The van der Waals surface area contributed by atoms with Crippen LogP contribution in [-0.2, 0) is 16.0 Å². The van der Waals surface area contributed by atoms with Gasteiger partial charge in [0, 0.05) is 19.1 Å². The summed E-state index contributed by atoms with van der Waals surface area (Å²) in [7, 11) is 0. The van der Waals surface area contributed by atoms with Crippen molar-refractivity contribution in [3.63, 3.8) is 0 Å². The van der Waals surface area contributed by atoms with Crippen molar-refractivity contribution in [1.29, 1.82) is 0 Å². The van der Waals surface area contributed by atoms with E-state index in [4.69, 9.17) is 10.5 Å². The summed E-state index contributed by atoms with van der Waals surface area (Å²) in [5.74, 6) is 0.180. The monoisotopic (exact) mass is 274 g/mol. The maximum atomic E-state index is 12.5. The Morgan fingerprint density at radius 1 is 1.40 bits per heavy atom. The first-order valence-electron chi connectivity index (χ1n) is 7.48. The molecule has 2 aliphatic rings. The maximum Gasteiger partial charge on any atom is 0.225 e. The van der Waals surface area contributed by atoms with E-state index in [2.05, 4.69) is 12.1 Å². The lowest BCUT2D eigenvalue weighted by Crippen LogP contribution is -2.40. The van der Waals surface area contributed by atoms with Crippen molar-refractivity contribution >= 4 is 5.91 Å². The lowest BCUT2D eigenvalue weighted by molar-refractivity contribution is -0.135. The van der Waals surface area contributed by atoms with E-state index < -0.39 is 0 Å². The van der Waals surface area contributed by atoms with Crippen LogP contribution in [0, 0.1) is 0 Å². The Kier molecular flexibility index (Phi) is 4.03. The average Bonchev–Trinajstić information content (AvgIpc) is 2.96. The summed E-state index contributed by atoms with van der Waals surface area (Å²) in [6.07, 6.45) is 3.38. The maximum absolute atomic E-state index is 12.5. The third-order valence-corrected chi connectivity index (χ3v) is 4.42. The van der Waals surface area contributed by atoms with Crippen LogP contribution in [0.5, 0.6) is 0 Å². The molecular formula is C16H22N2O2. The van der Waals surface area contributed by atoms with E-state index in [1.807, 2.05) is 17.0 Å². The zero-order valence-electron chi connectivity index (χ0n) is 11.8. The molecule has 0 aromatic heterocycles. The molecule has 4 nitrogen and oxygen atoms in total. The van der Waals surface area contributed by atoms with Gasteiger partial charge in [0.1, 0.15) is 0 Å². The van der Waals surface area contributed by atoms with Crippen molar-refractivity contribution in [3.05, 3.63) is 35.4 Å². The molecule has 0 unspecified atom stereocenters. The number of rotatable bonds is 3. The van der Waals surface area contributed by atoms with Crippen LogP contribution in [0.4, 0.5) is 0 Å². The predicted molar refractivity (Wildman–Crippen MR) is 77.2 cm³/mol. The van der Waals surface area contributed by atoms with Crippen molar-refractivity contribution in [1.82, 2.24) is 4.90 Å². The van der Waals surface area contributed by atoms with Gasteiger partial charge in [0.05, 0.1) is 19.1 Å². The van der Waals surface area contributed by atoms with Crippen LogP contribution in [0.25, 0.3) is 0 Å². The molecule has 2 atom stereocenters. The SMILES string of the molecule is NC[C@@H]1CCCN1C(=O)C[C@H]1OCCc2ccccc21. The summed E-state index contributed by atoms with van der Waals surface area (Å²) >= 11 is 0. The molecular weight excluding hydrogens is 252 g/mol. The molecule has 3 rings (SSSR count). The standard InChI is InChI=1S/C16H22N2O2/c17-11-13-5-3-8-18(13)16(19)10-15-14-6-2-1-4-12(14)7-9-20-15/h1-2,4,6,13,15H,3,5,7-11,17H2/t13-,15+/m0/s1. The molecule has 4 heteroatoms. The summed E-state index contributed by atoms with van der Waals surface area (Å²) in [5, 5.41) is 0. The number of likely N-dealkylation sites (tertiary alicyclic amines) is 1. The molecule has 1 saturated heterocycles. The van der Waals surface area contributed by atoms with Crippen molar-refractivity contribution in [2.45, 2.75) is 37.8 Å². The van der Waals surface area contributed by atoms with Gasteiger partial charge in [-0.25, -0.2) is 0 Å². The molecule has 1 aromatic carbocycles. The van der Waals surface area contributed by atoms with Gasteiger partial charge in [0.15, 0.2) is 0 Å². The Morgan fingerprint density at radius 2 is 2.25 bits per heavy atom. The second kappa shape index (κ2) is 5.94. The Labute approximate surface area is 119 Å². The van der Waals surface area contributed by atoms with Crippen molar-refractivity contribution < 1.29 is 9.53 Å². The second-order valence-corrected chi connectivity index (χ2v) is 5.63. The van der Waals surface area contributed by atoms with Gasteiger partial charge < -0.3 is 15.4 Å². The third kappa shape index (κ3) is 2.58. The van der Waals surface area contributed by atoms with E-state index in [0.29, 0.717) is 19.6 Å². The van der Waals surface area contributed by atoms with Gasteiger partial charge in [-0.15, -0.1) is 0 Å². The highest BCUT2D eigenvalue weighted by Crippen LogP contribution is 2.31. The molecule has 0 aliphatic carbocycles. The van der Waals surface area contributed by atoms with E-state index in [1.165, 1.54) is 11.1 Å². The first-order valence-corrected chi connectivity index (χ1v) is 7.48.